The summed E-state index contributed by atoms with van der Waals surface area (Å²) in [6, 6.07) is 30.5. The lowest BCUT2D eigenvalue weighted by molar-refractivity contribution is -0.140. The molecule has 0 aliphatic heterocycles. The Morgan fingerprint density at radius 2 is 1.41 bits per heavy atom. The largest absolute Gasteiger partial charge is 0.352 e. The second-order valence-electron chi connectivity index (χ2n) is 10.8. The van der Waals surface area contributed by atoms with Crippen LogP contribution in [-0.4, -0.2) is 43.8 Å². The molecule has 230 valence electrons. The molecule has 0 heterocycles. The van der Waals surface area contributed by atoms with Crippen LogP contribution in [0.1, 0.15) is 37.0 Å². The third-order valence-electron chi connectivity index (χ3n) is 7.47. The van der Waals surface area contributed by atoms with E-state index in [0.29, 0.717) is 5.02 Å². The Bertz CT molecular complexity index is 1630. The number of nitrogens with one attached hydrogen (secondary N) is 1. The Kier molecular flexibility index (Phi) is 11.2. The number of anilines is 1. The highest BCUT2D eigenvalue weighted by atomic mass is 35.5. The maximum absolute atomic E-state index is 14.4. The molecule has 7 nitrogen and oxygen atoms in total. The molecule has 0 aromatic heterocycles. The van der Waals surface area contributed by atoms with E-state index in [2.05, 4.69) is 5.32 Å². The Labute approximate surface area is 265 Å². The van der Waals surface area contributed by atoms with Gasteiger partial charge in [-0.3, -0.25) is 13.9 Å². The maximum Gasteiger partial charge on any atom is 0.264 e. The third-order valence-corrected chi connectivity index (χ3v) is 9.51. The predicted molar refractivity (Wildman–Crippen MR) is 176 cm³/mol. The van der Waals surface area contributed by atoms with Gasteiger partial charge >= 0.3 is 0 Å². The quantitative estimate of drug-likeness (QED) is 0.185. The summed E-state index contributed by atoms with van der Waals surface area (Å²) in [6.07, 6.45) is 0.975. The fourth-order valence-electron chi connectivity index (χ4n) is 4.74. The molecule has 4 aromatic carbocycles. The van der Waals surface area contributed by atoms with Gasteiger partial charge in [-0.1, -0.05) is 96.9 Å². The summed E-state index contributed by atoms with van der Waals surface area (Å²) in [5.74, 6) is -0.812. The van der Waals surface area contributed by atoms with Gasteiger partial charge < -0.3 is 10.2 Å². The predicted octanol–water partition coefficient (Wildman–Crippen LogP) is 6.40. The Hall–Kier alpha value is -4.14. The van der Waals surface area contributed by atoms with E-state index >= 15 is 0 Å². The van der Waals surface area contributed by atoms with Gasteiger partial charge in [0.25, 0.3) is 10.0 Å². The van der Waals surface area contributed by atoms with E-state index in [9.17, 15) is 18.0 Å². The van der Waals surface area contributed by atoms with E-state index in [1.54, 1.807) is 42.5 Å². The van der Waals surface area contributed by atoms with E-state index in [1.165, 1.54) is 17.0 Å². The van der Waals surface area contributed by atoms with Gasteiger partial charge in [0.05, 0.1) is 10.6 Å². The lowest BCUT2D eigenvalue weighted by Crippen LogP contribution is -2.54. The van der Waals surface area contributed by atoms with Crippen LogP contribution in [0.3, 0.4) is 0 Å². The summed E-state index contributed by atoms with van der Waals surface area (Å²) in [5.41, 5.74) is 3.04. The number of carbonyl (C=O) groups excluding carboxylic acids is 2. The van der Waals surface area contributed by atoms with Gasteiger partial charge in [-0.2, -0.15) is 0 Å². The summed E-state index contributed by atoms with van der Waals surface area (Å²) in [5, 5.41) is 3.48. The van der Waals surface area contributed by atoms with Crippen LogP contribution in [0.25, 0.3) is 0 Å². The highest BCUT2D eigenvalue weighted by Crippen LogP contribution is 2.26. The van der Waals surface area contributed by atoms with E-state index in [0.717, 1.165) is 27.4 Å². The minimum absolute atomic E-state index is 0.0446. The average Bonchev–Trinajstić information content (AvgIpc) is 3.03. The zero-order chi connectivity index (χ0) is 31.7. The molecule has 0 aliphatic rings. The van der Waals surface area contributed by atoms with E-state index in [4.69, 9.17) is 11.6 Å². The van der Waals surface area contributed by atoms with Crippen LogP contribution in [0.4, 0.5) is 5.69 Å². The Morgan fingerprint density at radius 1 is 0.818 bits per heavy atom. The van der Waals surface area contributed by atoms with Crippen molar-refractivity contribution in [3.8, 4) is 0 Å². The smallest absolute Gasteiger partial charge is 0.264 e. The van der Waals surface area contributed by atoms with Crippen molar-refractivity contribution in [2.45, 2.75) is 57.1 Å². The molecule has 0 aliphatic carbocycles. The van der Waals surface area contributed by atoms with Crippen LogP contribution >= 0.6 is 11.6 Å². The number of nitrogens with zero attached hydrogens (tertiary/aromatic N) is 2. The molecule has 1 N–H and O–H groups in total. The van der Waals surface area contributed by atoms with Crippen molar-refractivity contribution >= 4 is 39.1 Å². The van der Waals surface area contributed by atoms with Gasteiger partial charge in [-0.15, -0.1) is 0 Å². The molecule has 0 saturated carbocycles. The van der Waals surface area contributed by atoms with Crippen molar-refractivity contribution in [3.05, 3.63) is 131 Å². The van der Waals surface area contributed by atoms with Crippen LogP contribution in [0, 0.1) is 6.92 Å². The number of aryl methyl sites for hydroxylation is 1. The maximum atomic E-state index is 14.4. The first-order valence-corrected chi connectivity index (χ1v) is 16.4. The molecule has 9 heteroatoms. The highest BCUT2D eigenvalue weighted by Gasteiger charge is 2.35. The molecule has 4 rings (SSSR count). The molecule has 0 spiro atoms. The number of benzene rings is 4. The van der Waals surface area contributed by atoms with Crippen molar-refractivity contribution in [1.82, 2.24) is 10.2 Å². The van der Waals surface area contributed by atoms with Crippen LogP contribution < -0.4 is 9.62 Å². The van der Waals surface area contributed by atoms with Gasteiger partial charge in [-0.25, -0.2) is 8.42 Å². The van der Waals surface area contributed by atoms with E-state index in [1.807, 2.05) is 75.4 Å². The molecular formula is C35H38ClN3O4S. The minimum Gasteiger partial charge on any atom is -0.352 e. The molecule has 2 amide bonds. The first kappa shape index (κ1) is 32.8. The number of halogens is 1. The summed E-state index contributed by atoms with van der Waals surface area (Å²) in [6.45, 7) is 5.46. The topological polar surface area (TPSA) is 86.8 Å². The van der Waals surface area contributed by atoms with Crippen LogP contribution in [0.5, 0.6) is 0 Å². The number of rotatable bonds is 13. The lowest BCUT2D eigenvalue weighted by atomic mass is 10.0. The van der Waals surface area contributed by atoms with E-state index < -0.39 is 28.5 Å². The molecular weight excluding hydrogens is 594 g/mol. The summed E-state index contributed by atoms with van der Waals surface area (Å²) < 4.78 is 29.1. The zero-order valence-electron chi connectivity index (χ0n) is 25.2. The van der Waals surface area contributed by atoms with Crippen molar-refractivity contribution in [1.29, 1.82) is 0 Å². The molecule has 0 unspecified atom stereocenters. The summed E-state index contributed by atoms with van der Waals surface area (Å²) >= 11 is 6.12. The van der Waals surface area contributed by atoms with Crippen molar-refractivity contribution in [2.75, 3.05) is 10.8 Å². The van der Waals surface area contributed by atoms with Crippen molar-refractivity contribution in [3.63, 3.8) is 0 Å². The lowest BCUT2D eigenvalue weighted by Gasteiger charge is -2.34. The number of hydrogen-bond donors (Lipinski definition) is 1. The third kappa shape index (κ3) is 8.49. The average molecular weight is 632 g/mol. The second kappa shape index (κ2) is 15.0. The first-order chi connectivity index (χ1) is 21.1. The van der Waals surface area contributed by atoms with Gasteiger partial charge in [0.15, 0.2) is 0 Å². The zero-order valence-corrected chi connectivity index (χ0v) is 26.8. The SMILES string of the molecule is CC[C@H](C)NC(=O)[C@H](Cc1ccccc1)N(Cc1ccc(C)cc1)C(=O)CN(c1ccc(Cl)cc1)S(=O)(=O)c1ccccc1. The van der Waals surface area contributed by atoms with E-state index in [-0.39, 0.29) is 35.5 Å². The minimum atomic E-state index is -4.16. The molecule has 0 radical (unpaired) electrons. The fourth-order valence-corrected chi connectivity index (χ4v) is 6.30. The molecule has 0 fully saturated rings. The van der Waals surface area contributed by atoms with Crippen LogP contribution in [0.2, 0.25) is 5.02 Å². The first-order valence-electron chi connectivity index (χ1n) is 14.6. The number of sulfonamides is 1. The number of amides is 2. The molecule has 44 heavy (non-hydrogen) atoms. The standard InChI is InChI=1S/C35H38ClN3O4S/c1-4-27(3)37-35(41)33(23-28-11-7-5-8-12-28)38(24-29-17-15-26(2)16-18-29)34(40)25-39(31-21-19-30(36)20-22-31)44(42,43)32-13-9-6-10-14-32/h5-22,27,33H,4,23-25H2,1-3H3,(H,37,41)/t27-,33-/m0/s1. The van der Waals surface area contributed by atoms with Gasteiger partial charge in [-0.05, 0) is 67.8 Å². The van der Waals surface area contributed by atoms with Crippen molar-refractivity contribution < 1.29 is 18.0 Å². The molecule has 0 saturated heterocycles. The molecule has 2 atom stereocenters. The normalized spacial score (nSPS) is 12.6. The fraction of sp³-hybridized carbons (Fsp3) is 0.257. The summed E-state index contributed by atoms with van der Waals surface area (Å²) in [7, 11) is -4.16. The Balaban J connectivity index is 1.79. The van der Waals surface area contributed by atoms with Crippen LogP contribution in [-0.2, 0) is 32.6 Å². The van der Waals surface area contributed by atoms with Crippen molar-refractivity contribution in [2.24, 2.45) is 0 Å². The van der Waals surface area contributed by atoms with Gasteiger partial charge in [0, 0.05) is 24.0 Å². The second-order valence-corrected chi connectivity index (χ2v) is 13.1. The number of hydrogen-bond acceptors (Lipinski definition) is 4. The van der Waals surface area contributed by atoms with Gasteiger partial charge in [0.1, 0.15) is 12.6 Å². The monoisotopic (exact) mass is 631 g/mol. The highest BCUT2D eigenvalue weighted by molar-refractivity contribution is 7.92. The summed E-state index contributed by atoms with van der Waals surface area (Å²) in [4.78, 5) is 29.9. The molecule has 4 aromatic rings. The number of carbonyl (C=O) groups is 2. The van der Waals surface area contributed by atoms with Gasteiger partial charge in [0.2, 0.25) is 11.8 Å². The Morgan fingerprint density at radius 3 is 2.00 bits per heavy atom. The molecule has 0 bridgehead atoms. The van der Waals surface area contributed by atoms with Crippen LogP contribution in [0.15, 0.2) is 114 Å².